The second-order valence-electron chi connectivity index (χ2n) is 10.8. The Morgan fingerprint density at radius 1 is 0.829 bits per heavy atom. The molecule has 0 spiro atoms. The van der Waals surface area contributed by atoms with Crippen LogP contribution in [0.5, 0.6) is 0 Å². The van der Waals surface area contributed by atoms with Crippen LogP contribution in [0.15, 0.2) is 81.8 Å². The third-order valence-corrected chi connectivity index (χ3v) is 7.52. The Kier molecular flexibility index (Phi) is 4.15. The molecular weight excluding hydrogens is 430 g/mol. The average molecular weight is 458 g/mol. The van der Waals surface area contributed by atoms with E-state index in [4.69, 9.17) is 13.8 Å². The van der Waals surface area contributed by atoms with Crippen LogP contribution in [0, 0.1) is 5.92 Å². The maximum atomic E-state index is 6.35. The summed E-state index contributed by atoms with van der Waals surface area (Å²) in [6.45, 7) is 9.10. The zero-order valence-electron chi connectivity index (χ0n) is 20.5. The maximum Gasteiger partial charge on any atom is 0.139 e. The molecule has 3 heterocycles. The fraction of sp³-hybridized carbons (Fsp3) is 0.219. The highest BCUT2D eigenvalue weighted by Crippen LogP contribution is 2.53. The normalized spacial score (nSPS) is 14.3. The summed E-state index contributed by atoms with van der Waals surface area (Å²) >= 11 is 0. The Labute approximate surface area is 204 Å². The van der Waals surface area contributed by atoms with Crippen molar-refractivity contribution in [1.82, 2.24) is 4.98 Å². The summed E-state index contributed by atoms with van der Waals surface area (Å²) in [6, 6.07) is 23.6. The molecule has 1 aliphatic rings. The number of furan rings is 2. The first-order chi connectivity index (χ1) is 16.9. The number of aromatic nitrogens is 1. The van der Waals surface area contributed by atoms with Gasteiger partial charge in [-0.3, -0.25) is 4.98 Å². The second kappa shape index (κ2) is 7.08. The molecule has 35 heavy (non-hydrogen) atoms. The first kappa shape index (κ1) is 20.5. The van der Waals surface area contributed by atoms with E-state index < -0.39 is 0 Å². The smallest absolute Gasteiger partial charge is 0.139 e. The standard InChI is InChI=1S/C32H27NO2/c1-18(2)15-19-9-12-26-23(16-19)28-27(34-26)13-14-33-30(28)20-10-11-21-24(17-20)32(3,4)29-22-7-5-6-8-25(22)35-31(21)29/h5-14,16-18H,15H2,1-4H3. The van der Waals surface area contributed by atoms with Gasteiger partial charge in [0.25, 0.3) is 0 Å². The molecule has 0 aliphatic heterocycles. The van der Waals surface area contributed by atoms with Crippen LogP contribution in [0.4, 0.5) is 0 Å². The Balaban J connectivity index is 1.44. The molecule has 3 aromatic heterocycles. The topological polar surface area (TPSA) is 39.2 Å². The fourth-order valence-electron chi connectivity index (χ4n) is 5.98. The Hall–Kier alpha value is -3.85. The summed E-state index contributed by atoms with van der Waals surface area (Å²) in [5, 5.41) is 3.42. The van der Waals surface area contributed by atoms with Crippen molar-refractivity contribution in [3.63, 3.8) is 0 Å². The summed E-state index contributed by atoms with van der Waals surface area (Å²) in [4.78, 5) is 4.87. The predicted octanol–water partition coefficient (Wildman–Crippen LogP) is 8.90. The zero-order valence-corrected chi connectivity index (χ0v) is 20.5. The molecule has 0 N–H and O–H groups in total. The fourth-order valence-corrected chi connectivity index (χ4v) is 5.98. The van der Waals surface area contributed by atoms with Crippen molar-refractivity contribution in [1.29, 1.82) is 0 Å². The van der Waals surface area contributed by atoms with Gasteiger partial charge >= 0.3 is 0 Å². The molecule has 3 nitrogen and oxygen atoms in total. The number of pyridine rings is 1. The largest absolute Gasteiger partial charge is 0.456 e. The zero-order chi connectivity index (χ0) is 23.9. The third-order valence-electron chi connectivity index (χ3n) is 7.52. The molecular formula is C32H27NO2. The molecule has 0 unspecified atom stereocenters. The maximum absolute atomic E-state index is 6.35. The number of para-hydroxylation sites is 1. The molecule has 0 saturated carbocycles. The van der Waals surface area contributed by atoms with Crippen LogP contribution in [0.3, 0.4) is 0 Å². The monoisotopic (exact) mass is 457 g/mol. The molecule has 172 valence electrons. The molecule has 0 radical (unpaired) electrons. The second-order valence-corrected chi connectivity index (χ2v) is 10.8. The molecule has 0 saturated heterocycles. The van der Waals surface area contributed by atoms with Crippen LogP contribution in [-0.2, 0) is 11.8 Å². The van der Waals surface area contributed by atoms with Crippen molar-refractivity contribution < 1.29 is 8.83 Å². The van der Waals surface area contributed by atoms with Gasteiger partial charge in [-0.1, -0.05) is 64.1 Å². The van der Waals surface area contributed by atoms with Crippen LogP contribution in [0.25, 0.3) is 55.5 Å². The van der Waals surface area contributed by atoms with E-state index in [0.29, 0.717) is 5.92 Å². The Morgan fingerprint density at radius 3 is 2.51 bits per heavy atom. The van der Waals surface area contributed by atoms with E-state index in [1.165, 1.54) is 27.6 Å². The number of hydrogen-bond acceptors (Lipinski definition) is 3. The molecule has 3 aromatic carbocycles. The van der Waals surface area contributed by atoms with Crippen LogP contribution in [0.2, 0.25) is 0 Å². The summed E-state index contributed by atoms with van der Waals surface area (Å²) in [7, 11) is 0. The highest BCUT2D eigenvalue weighted by molar-refractivity contribution is 6.11. The number of benzene rings is 3. The molecule has 3 heteroatoms. The molecule has 0 bridgehead atoms. The number of fused-ring (bicyclic) bond motifs is 8. The van der Waals surface area contributed by atoms with Gasteiger partial charge in [0, 0.05) is 39.1 Å². The van der Waals surface area contributed by atoms with Gasteiger partial charge in [0.2, 0.25) is 0 Å². The lowest BCUT2D eigenvalue weighted by atomic mass is 9.81. The number of nitrogens with zero attached hydrogens (tertiary/aromatic N) is 1. The van der Waals surface area contributed by atoms with E-state index >= 15 is 0 Å². The van der Waals surface area contributed by atoms with Crippen LogP contribution in [0.1, 0.15) is 44.4 Å². The Morgan fingerprint density at radius 2 is 1.66 bits per heavy atom. The van der Waals surface area contributed by atoms with E-state index in [-0.39, 0.29) is 5.41 Å². The molecule has 0 fully saturated rings. The minimum Gasteiger partial charge on any atom is -0.456 e. The summed E-state index contributed by atoms with van der Waals surface area (Å²) in [5.74, 6) is 1.60. The van der Waals surface area contributed by atoms with Crippen LogP contribution >= 0.6 is 0 Å². The quantitative estimate of drug-likeness (QED) is 0.266. The van der Waals surface area contributed by atoms with Gasteiger partial charge in [-0.25, -0.2) is 0 Å². The molecule has 6 aromatic rings. The predicted molar refractivity (Wildman–Crippen MR) is 143 cm³/mol. The lowest BCUT2D eigenvalue weighted by molar-refractivity contribution is 0.619. The van der Waals surface area contributed by atoms with Gasteiger partial charge in [0.1, 0.15) is 22.5 Å². The summed E-state index contributed by atoms with van der Waals surface area (Å²) < 4.78 is 12.6. The number of rotatable bonds is 3. The third kappa shape index (κ3) is 2.88. The number of hydrogen-bond donors (Lipinski definition) is 0. The minimum atomic E-state index is -0.163. The van der Waals surface area contributed by atoms with E-state index in [2.05, 4.69) is 82.3 Å². The van der Waals surface area contributed by atoms with Gasteiger partial charge in [-0.2, -0.15) is 0 Å². The van der Waals surface area contributed by atoms with Crippen molar-refractivity contribution >= 4 is 32.9 Å². The first-order valence-corrected chi connectivity index (χ1v) is 12.4. The molecule has 1 aliphatic carbocycles. The van der Waals surface area contributed by atoms with Gasteiger partial charge in [0.05, 0.1) is 11.1 Å². The summed E-state index contributed by atoms with van der Waals surface area (Å²) in [5.41, 5.74) is 9.71. The van der Waals surface area contributed by atoms with E-state index in [1.54, 1.807) is 0 Å². The SMILES string of the molecule is CC(C)Cc1ccc2oc3ccnc(-c4ccc5c(c4)C(C)(C)c4c-5oc5ccccc45)c3c2c1. The minimum absolute atomic E-state index is 0.163. The lowest BCUT2D eigenvalue weighted by Crippen LogP contribution is -2.15. The van der Waals surface area contributed by atoms with Gasteiger partial charge in [0.15, 0.2) is 0 Å². The average Bonchev–Trinajstić information content (AvgIpc) is 3.47. The first-order valence-electron chi connectivity index (χ1n) is 12.4. The highest BCUT2D eigenvalue weighted by Gasteiger charge is 2.40. The van der Waals surface area contributed by atoms with Crippen molar-refractivity contribution in [2.45, 2.75) is 39.5 Å². The van der Waals surface area contributed by atoms with E-state index in [1.807, 2.05) is 18.3 Å². The molecule has 0 amide bonds. The van der Waals surface area contributed by atoms with Crippen LogP contribution < -0.4 is 0 Å². The van der Waals surface area contributed by atoms with Crippen molar-refractivity contribution in [2.75, 3.05) is 0 Å². The summed E-state index contributed by atoms with van der Waals surface area (Å²) in [6.07, 6.45) is 2.90. The highest BCUT2D eigenvalue weighted by atomic mass is 16.3. The van der Waals surface area contributed by atoms with Crippen LogP contribution in [-0.4, -0.2) is 4.98 Å². The molecule has 0 atom stereocenters. The van der Waals surface area contributed by atoms with E-state index in [0.717, 1.165) is 51.0 Å². The van der Waals surface area contributed by atoms with Crippen molar-refractivity contribution in [3.05, 3.63) is 89.6 Å². The lowest BCUT2D eigenvalue weighted by Gasteiger charge is -2.21. The van der Waals surface area contributed by atoms with Gasteiger partial charge in [-0.05, 0) is 53.8 Å². The van der Waals surface area contributed by atoms with Crippen molar-refractivity contribution in [3.8, 4) is 22.6 Å². The molecule has 7 rings (SSSR count). The van der Waals surface area contributed by atoms with Gasteiger partial charge < -0.3 is 8.83 Å². The van der Waals surface area contributed by atoms with Crippen molar-refractivity contribution in [2.24, 2.45) is 5.92 Å². The van der Waals surface area contributed by atoms with Gasteiger partial charge in [-0.15, -0.1) is 0 Å². The Bertz CT molecular complexity index is 1780. The van der Waals surface area contributed by atoms with E-state index in [9.17, 15) is 0 Å².